The normalized spacial score (nSPS) is 19.2. The first-order valence-electron chi connectivity index (χ1n) is 9.00. The zero-order valence-corrected chi connectivity index (χ0v) is 15.4. The molecule has 1 N–H and O–H groups in total. The number of esters is 1. The molecule has 0 saturated heterocycles. The summed E-state index contributed by atoms with van der Waals surface area (Å²) in [5.74, 6) is -1.65. The van der Waals surface area contributed by atoms with Crippen molar-refractivity contribution in [2.24, 2.45) is 5.41 Å². The summed E-state index contributed by atoms with van der Waals surface area (Å²) in [7, 11) is 0. The molecule has 2 aromatic carbocycles. The van der Waals surface area contributed by atoms with Crippen LogP contribution in [0.15, 0.2) is 54.6 Å². The molecule has 28 heavy (non-hydrogen) atoms. The largest absolute Gasteiger partial charge is 0.464 e. The van der Waals surface area contributed by atoms with Gasteiger partial charge in [-0.3, -0.25) is 4.79 Å². The summed E-state index contributed by atoms with van der Waals surface area (Å²) in [6.07, 6.45) is -0.0697. The van der Waals surface area contributed by atoms with E-state index in [0.29, 0.717) is 16.8 Å². The number of fused-ring (bicyclic) bond motifs is 1. The number of nitriles is 2. The van der Waals surface area contributed by atoms with Crippen molar-refractivity contribution >= 4 is 17.4 Å². The van der Waals surface area contributed by atoms with Crippen molar-refractivity contribution in [2.45, 2.75) is 25.3 Å². The first kappa shape index (κ1) is 19.1. The maximum atomic E-state index is 12.9. The Bertz CT molecular complexity index is 959. The highest BCUT2D eigenvalue weighted by molar-refractivity contribution is 5.97. The average molecular weight is 373 g/mol. The smallest absolute Gasteiger partial charge is 0.331 e. The van der Waals surface area contributed by atoms with E-state index in [2.05, 4.69) is 5.32 Å². The third-order valence-electron chi connectivity index (χ3n) is 5.02. The van der Waals surface area contributed by atoms with Crippen LogP contribution in [0, 0.1) is 28.1 Å². The van der Waals surface area contributed by atoms with Gasteiger partial charge in [0.2, 0.25) is 0 Å². The molecule has 140 valence electrons. The van der Waals surface area contributed by atoms with Gasteiger partial charge in [0.05, 0.1) is 18.7 Å². The van der Waals surface area contributed by atoms with Gasteiger partial charge in [0.1, 0.15) is 0 Å². The molecule has 2 aromatic rings. The highest BCUT2D eigenvalue weighted by Crippen LogP contribution is 2.49. The Morgan fingerprint density at radius 1 is 1.07 bits per heavy atom. The van der Waals surface area contributed by atoms with E-state index in [0.717, 1.165) is 0 Å². The molecule has 0 amide bonds. The number of nitrogens with zero attached hydrogens (tertiary/aromatic N) is 2. The predicted octanol–water partition coefficient (Wildman–Crippen LogP) is 3.43. The van der Waals surface area contributed by atoms with Gasteiger partial charge in [-0.05, 0) is 18.6 Å². The van der Waals surface area contributed by atoms with Gasteiger partial charge in [-0.2, -0.15) is 10.5 Å². The second kappa shape index (κ2) is 7.94. The number of Topliss-reactive ketones (excluding diaryl/α,β-unsaturated/α-hetero) is 1. The van der Waals surface area contributed by atoms with E-state index in [1.165, 1.54) is 0 Å². The fourth-order valence-electron chi connectivity index (χ4n) is 3.63. The van der Waals surface area contributed by atoms with Crippen LogP contribution in [0.4, 0.5) is 5.69 Å². The van der Waals surface area contributed by atoms with Crippen molar-refractivity contribution in [1.29, 1.82) is 10.5 Å². The molecule has 1 aliphatic heterocycles. The third-order valence-corrected chi connectivity index (χ3v) is 5.02. The predicted molar refractivity (Wildman–Crippen MR) is 102 cm³/mol. The van der Waals surface area contributed by atoms with Gasteiger partial charge in [-0.1, -0.05) is 48.5 Å². The van der Waals surface area contributed by atoms with Crippen molar-refractivity contribution in [3.63, 3.8) is 0 Å². The molecule has 1 aliphatic rings. The van der Waals surface area contributed by atoms with E-state index in [1.807, 2.05) is 18.2 Å². The zero-order chi connectivity index (χ0) is 20.1. The molecule has 0 aromatic heterocycles. The summed E-state index contributed by atoms with van der Waals surface area (Å²) in [5, 5.41) is 22.9. The summed E-state index contributed by atoms with van der Waals surface area (Å²) in [5.41, 5.74) is 0.00403. The summed E-state index contributed by atoms with van der Waals surface area (Å²) in [4.78, 5) is 25.5. The molecule has 0 saturated carbocycles. The molecule has 2 atom stereocenters. The Labute approximate surface area is 163 Å². The van der Waals surface area contributed by atoms with E-state index >= 15 is 0 Å². The van der Waals surface area contributed by atoms with Crippen molar-refractivity contribution in [2.75, 3.05) is 11.9 Å². The van der Waals surface area contributed by atoms with Crippen molar-refractivity contribution < 1.29 is 14.3 Å². The van der Waals surface area contributed by atoms with Crippen molar-refractivity contribution in [3.8, 4) is 12.1 Å². The Hall–Kier alpha value is -3.64. The number of nitrogens with one attached hydrogen (secondary N) is 1. The Kier molecular flexibility index (Phi) is 5.42. The van der Waals surface area contributed by atoms with Gasteiger partial charge < -0.3 is 10.1 Å². The lowest BCUT2D eigenvalue weighted by Crippen LogP contribution is -2.52. The lowest BCUT2D eigenvalue weighted by Gasteiger charge is -2.40. The first-order chi connectivity index (χ1) is 13.6. The fraction of sp³-hybridized carbons (Fsp3) is 0.273. The first-order valence-corrected chi connectivity index (χ1v) is 9.00. The maximum Gasteiger partial charge on any atom is 0.331 e. The lowest BCUT2D eigenvalue weighted by molar-refractivity contribution is -0.146. The van der Waals surface area contributed by atoms with Crippen LogP contribution in [0.1, 0.15) is 35.2 Å². The summed E-state index contributed by atoms with van der Waals surface area (Å²) in [6, 6.07) is 18.7. The number of ketones is 1. The van der Waals surface area contributed by atoms with Gasteiger partial charge >= 0.3 is 5.97 Å². The minimum absolute atomic E-state index is 0.0697. The Morgan fingerprint density at radius 2 is 1.71 bits per heavy atom. The molecule has 0 bridgehead atoms. The number of carbonyl (C=O) groups excluding carboxylic acids is 2. The molecule has 0 unspecified atom stereocenters. The topological polar surface area (TPSA) is 103 Å². The molecule has 0 spiro atoms. The molecule has 6 heteroatoms. The van der Waals surface area contributed by atoms with Gasteiger partial charge in [-0.25, -0.2) is 4.79 Å². The van der Waals surface area contributed by atoms with Crippen LogP contribution in [0.2, 0.25) is 0 Å². The van der Waals surface area contributed by atoms with Gasteiger partial charge in [0, 0.05) is 23.6 Å². The molecular formula is C22H19N3O3. The SMILES string of the molecule is CCOC(=O)[C@@H]1Nc2ccccc2[C@@H](CC(=O)c2ccccc2)C1(C#N)C#N. The standard InChI is InChI=1S/C22H19N3O3/c1-2-28-21(27)20-22(13-23,14-24)17(16-10-6-7-11-18(16)25-20)12-19(26)15-8-4-3-5-9-15/h3-11,17,20,25H,2,12H2,1H3/t17-,20+/m1/s1. The van der Waals surface area contributed by atoms with Crippen molar-refractivity contribution in [1.82, 2.24) is 0 Å². The zero-order valence-electron chi connectivity index (χ0n) is 15.4. The van der Waals surface area contributed by atoms with Crippen LogP contribution in [-0.4, -0.2) is 24.4 Å². The van der Waals surface area contributed by atoms with Crippen LogP contribution >= 0.6 is 0 Å². The van der Waals surface area contributed by atoms with Crippen LogP contribution < -0.4 is 5.32 Å². The second-order valence-electron chi connectivity index (χ2n) is 6.56. The highest BCUT2D eigenvalue weighted by Gasteiger charge is 2.55. The second-order valence-corrected chi connectivity index (χ2v) is 6.56. The molecular weight excluding hydrogens is 354 g/mol. The summed E-state index contributed by atoms with van der Waals surface area (Å²) >= 11 is 0. The number of hydrogen-bond donors (Lipinski definition) is 1. The van der Waals surface area contributed by atoms with Gasteiger partial charge in [-0.15, -0.1) is 0 Å². The number of hydrogen-bond acceptors (Lipinski definition) is 6. The van der Waals surface area contributed by atoms with E-state index in [-0.39, 0.29) is 18.8 Å². The number of benzene rings is 2. The Balaban J connectivity index is 2.10. The molecule has 1 heterocycles. The monoisotopic (exact) mass is 373 g/mol. The third kappa shape index (κ3) is 3.21. The average Bonchev–Trinajstić information content (AvgIpc) is 2.74. The summed E-state index contributed by atoms with van der Waals surface area (Å²) in [6.45, 7) is 1.78. The minimum atomic E-state index is -1.77. The molecule has 0 radical (unpaired) electrons. The molecule has 0 aliphatic carbocycles. The van der Waals surface area contributed by atoms with Crippen LogP contribution in [-0.2, 0) is 9.53 Å². The number of anilines is 1. The fourth-order valence-corrected chi connectivity index (χ4v) is 3.63. The van der Waals surface area contributed by atoms with E-state index in [9.17, 15) is 20.1 Å². The van der Waals surface area contributed by atoms with Crippen LogP contribution in [0.25, 0.3) is 0 Å². The van der Waals surface area contributed by atoms with Crippen molar-refractivity contribution in [3.05, 3.63) is 65.7 Å². The van der Waals surface area contributed by atoms with Gasteiger partial charge in [0.15, 0.2) is 17.2 Å². The van der Waals surface area contributed by atoms with E-state index in [4.69, 9.17) is 4.74 Å². The maximum absolute atomic E-state index is 12.9. The van der Waals surface area contributed by atoms with E-state index in [1.54, 1.807) is 55.5 Å². The summed E-state index contributed by atoms with van der Waals surface area (Å²) < 4.78 is 5.10. The van der Waals surface area contributed by atoms with Crippen LogP contribution in [0.5, 0.6) is 0 Å². The molecule has 3 rings (SSSR count). The minimum Gasteiger partial charge on any atom is -0.464 e. The molecule has 6 nitrogen and oxygen atoms in total. The highest BCUT2D eigenvalue weighted by atomic mass is 16.5. The van der Waals surface area contributed by atoms with Gasteiger partial charge in [0.25, 0.3) is 0 Å². The Morgan fingerprint density at radius 3 is 2.36 bits per heavy atom. The number of carbonyl (C=O) groups is 2. The number of para-hydroxylation sites is 1. The molecule has 0 fully saturated rings. The van der Waals surface area contributed by atoms with E-state index < -0.39 is 23.3 Å². The lowest BCUT2D eigenvalue weighted by atomic mass is 9.64. The number of ether oxygens (including phenoxy) is 1. The number of rotatable bonds is 5. The quantitative estimate of drug-likeness (QED) is 0.636. The van der Waals surface area contributed by atoms with Crippen LogP contribution in [0.3, 0.4) is 0 Å².